The van der Waals surface area contributed by atoms with Gasteiger partial charge < -0.3 is 0 Å². The van der Waals surface area contributed by atoms with Crippen molar-refractivity contribution >= 4 is 38.1 Å². The third-order valence-electron chi connectivity index (χ3n) is 4.85. The molecule has 0 aliphatic carbocycles. The zero-order valence-corrected chi connectivity index (χ0v) is 16.8. The standard InChI is InChI=1S/C21H16N4O2S2/c26-29(27,15-6-2-1-3-7-15)25-19(14-18(24-25)20-10-5-13-28-20)16-8-4-9-17-21(16)23-12-11-22-17/h1-13,19H,14H2/t19-/m1/s1. The van der Waals surface area contributed by atoms with Crippen LogP contribution in [0.15, 0.2) is 88.4 Å². The van der Waals surface area contributed by atoms with Crippen molar-refractivity contribution in [3.8, 4) is 0 Å². The van der Waals surface area contributed by atoms with Crippen LogP contribution in [-0.4, -0.2) is 28.5 Å². The van der Waals surface area contributed by atoms with Gasteiger partial charge in [-0.25, -0.2) is 0 Å². The van der Waals surface area contributed by atoms with Gasteiger partial charge in [0.1, 0.15) is 0 Å². The SMILES string of the molecule is O=S(=O)(c1ccccc1)N1N=C(c2cccs2)C[C@@H]1c1cccc2nccnc12. The Balaban J connectivity index is 1.68. The van der Waals surface area contributed by atoms with Gasteiger partial charge in [-0.05, 0) is 29.6 Å². The number of aromatic nitrogens is 2. The van der Waals surface area contributed by atoms with Crippen LogP contribution >= 0.6 is 11.3 Å². The fourth-order valence-corrected chi connectivity index (χ4v) is 5.69. The number of sulfonamides is 1. The number of hydrogen-bond donors (Lipinski definition) is 0. The molecule has 2 aromatic heterocycles. The van der Waals surface area contributed by atoms with Crippen LogP contribution in [0.3, 0.4) is 0 Å². The molecule has 0 fully saturated rings. The summed E-state index contributed by atoms with van der Waals surface area (Å²) >= 11 is 1.55. The van der Waals surface area contributed by atoms with Crippen molar-refractivity contribution in [3.05, 3.63) is 88.9 Å². The van der Waals surface area contributed by atoms with E-state index in [0.29, 0.717) is 11.9 Å². The van der Waals surface area contributed by atoms with E-state index in [2.05, 4.69) is 15.1 Å². The molecule has 0 N–H and O–H groups in total. The smallest absolute Gasteiger partial charge is 0.253 e. The maximum Gasteiger partial charge on any atom is 0.279 e. The Morgan fingerprint density at radius 2 is 1.76 bits per heavy atom. The van der Waals surface area contributed by atoms with Crippen LogP contribution in [0.2, 0.25) is 0 Å². The van der Waals surface area contributed by atoms with Gasteiger partial charge in [-0.2, -0.15) is 17.9 Å². The molecule has 1 atom stereocenters. The first-order chi connectivity index (χ1) is 14.1. The van der Waals surface area contributed by atoms with Gasteiger partial charge in [0.05, 0.1) is 32.6 Å². The van der Waals surface area contributed by atoms with E-state index in [4.69, 9.17) is 0 Å². The van der Waals surface area contributed by atoms with Gasteiger partial charge in [0.25, 0.3) is 10.0 Å². The molecule has 1 aliphatic heterocycles. The lowest BCUT2D eigenvalue weighted by molar-refractivity contribution is 0.373. The van der Waals surface area contributed by atoms with Crippen molar-refractivity contribution in [2.75, 3.05) is 0 Å². The van der Waals surface area contributed by atoms with Crippen molar-refractivity contribution in [2.45, 2.75) is 17.4 Å². The van der Waals surface area contributed by atoms with Crippen LogP contribution < -0.4 is 0 Å². The van der Waals surface area contributed by atoms with Crippen molar-refractivity contribution in [1.29, 1.82) is 0 Å². The normalized spacial score (nSPS) is 16.9. The van der Waals surface area contributed by atoms with Crippen LogP contribution in [-0.2, 0) is 10.0 Å². The average Bonchev–Trinajstić information content (AvgIpc) is 3.44. The number of benzene rings is 2. The minimum atomic E-state index is -3.83. The molecule has 8 heteroatoms. The summed E-state index contributed by atoms with van der Waals surface area (Å²) in [4.78, 5) is 10.0. The highest BCUT2D eigenvalue weighted by atomic mass is 32.2. The van der Waals surface area contributed by atoms with Crippen molar-refractivity contribution in [1.82, 2.24) is 14.4 Å². The molecule has 0 amide bonds. The summed E-state index contributed by atoms with van der Waals surface area (Å²) in [5.74, 6) is 0. The number of hydrazone groups is 1. The molecule has 5 rings (SSSR count). The molecule has 0 saturated carbocycles. The summed E-state index contributed by atoms with van der Waals surface area (Å²) in [7, 11) is -3.83. The first-order valence-electron chi connectivity index (χ1n) is 9.05. The summed E-state index contributed by atoms with van der Waals surface area (Å²) in [5, 5.41) is 6.53. The highest BCUT2D eigenvalue weighted by molar-refractivity contribution is 7.89. The summed E-state index contributed by atoms with van der Waals surface area (Å²) < 4.78 is 28.1. The van der Waals surface area contributed by atoms with Gasteiger partial charge in [0.15, 0.2) is 0 Å². The summed E-state index contributed by atoms with van der Waals surface area (Å²) in [6.07, 6.45) is 3.73. The third-order valence-corrected chi connectivity index (χ3v) is 7.47. The van der Waals surface area contributed by atoms with Crippen molar-refractivity contribution in [3.63, 3.8) is 0 Å². The minimum Gasteiger partial charge on any atom is -0.253 e. The van der Waals surface area contributed by atoms with E-state index >= 15 is 0 Å². The molecule has 0 unspecified atom stereocenters. The molecule has 0 radical (unpaired) electrons. The molecule has 2 aromatic carbocycles. The van der Waals surface area contributed by atoms with Crippen LogP contribution in [0.4, 0.5) is 0 Å². The van der Waals surface area contributed by atoms with E-state index in [0.717, 1.165) is 21.7 Å². The Labute approximate surface area is 172 Å². The molecule has 0 saturated heterocycles. The molecule has 6 nitrogen and oxygen atoms in total. The Morgan fingerprint density at radius 3 is 2.55 bits per heavy atom. The molecule has 29 heavy (non-hydrogen) atoms. The Morgan fingerprint density at radius 1 is 0.931 bits per heavy atom. The summed E-state index contributed by atoms with van der Waals surface area (Å²) in [5.41, 5.74) is 2.97. The van der Waals surface area contributed by atoms with Gasteiger partial charge in [0, 0.05) is 24.4 Å². The zero-order chi connectivity index (χ0) is 19.8. The first-order valence-corrected chi connectivity index (χ1v) is 11.4. The number of thiophene rings is 1. The largest absolute Gasteiger partial charge is 0.279 e. The van der Waals surface area contributed by atoms with Crippen LogP contribution in [0.25, 0.3) is 11.0 Å². The van der Waals surface area contributed by atoms with Gasteiger partial charge in [-0.1, -0.05) is 36.4 Å². The van der Waals surface area contributed by atoms with E-state index in [9.17, 15) is 8.42 Å². The first kappa shape index (κ1) is 18.0. The number of rotatable bonds is 4. The minimum absolute atomic E-state index is 0.215. The number of fused-ring (bicyclic) bond motifs is 1. The number of nitrogens with zero attached hydrogens (tertiary/aromatic N) is 4. The second-order valence-electron chi connectivity index (χ2n) is 6.61. The molecule has 0 spiro atoms. The summed E-state index contributed by atoms with van der Waals surface area (Å²) in [6, 6.07) is 17.5. The van der Waals surface area contributed by atoms with E-state index in [1.165, 1.54) is 4.41 Å². The van der Waals surface area contributed by atoms with Gasteiger partial charge in [0.2, 0.25) is 0 Å². The Kier molecular flexibility index (Phi) is 4.37. The highest BCUT2D eigenvalue weighted by Gasteiger charge is 2.38. The molecule has 4 aromatic rings. The maximum atomic E-state index is 13.5. The van der Waals surface area contributed by atoms with E-state index in [1.807, 2.05) is 35.7 Å². The lowest BCUT2D eigenvalue weighted by Crippen LogP contribution is -2.27. The van der Waals surface area contributed by atoms with Gasteiger partial charge >= 0.3 is 0 Å². The third kappa shape index (κ3) is 3.10. The lowest BCUT2D eigenvalue weighted by atomic mass is 10.0. The van der Waals surface area contributed by atoms with Crippen LogP contribution in [0.1, 0.15) is 22.9 Å². The molecular formula is C21H16N4O2S2. The lowest BCUT2D eigenvalue weighted by Gasteiger charge is -2.24. The maximum absolute atomic E-state index is 13.5. The molecule has 0 bridgehead atoms. The second-order valence-corrected chi connectivity index (χ2v) is 9.35. The molecule has 144 valence electrons. The molecule has 1 aliphatic rings. The fourth-order valence-electron chi connectivity index (χ4n) is 3.52. The fraction of sp³-hybridized carbons (Fsp3) is 0.0952. The average molecular weight is 421 g/mol. The summed E-state index contributed by atoms with van der Waals surface area (Å²) in [6.45, 7) is 0. The quantitative estimate of drug-likeness (QED) is 0.495. The van der Waals surface area contributed by atoms with E-state index in [1.54, 1.807) is 54.1 Å². The van der Waals surface area contributed by atoms with E-state index < -0.39 is 16.1 Å². The zero-order valence-electron chi connectivity index (χ0n) is 15.2. The monoisotopic (exact) mass is 420 g/mol. The Bertz CT molecular complexity index is 1300. The van der Waals surface area contributed by atoms with Crippen molar-refractivity contribution in [2.24, 2.45) is 5.10 Å². The Hall–Kier alpha value is -3.10. The van der Waals surface area contributed by atoms with Crippen LogP contribution in [0.5, 0.6) is 0 Å². The number of para-hydroxylation sites is 1. The van der Waals surface area contributed by atoms with Gasteiger partial charge in [-0.3, -0.25) is 9.97 Å². The topological polar surface area (TPSA) is 75.5 Å². The second kappa shape index (κ2) is 7.06. The van der Waals surface area contributed by atoms with Gasteiger partial charge in [-0.15, -0.1) is 11.3 Å². The highest BCUT2D eigenvalue weighted by Crippen LogP contribution is 2.39. The van der Waals surface area contributed by atoms with E-state index in [-0.39, 0.29) is 4.90 Å². The van der Waals surface area contributed by atoms with Crippen molar-refractivity contribution < 1.29 is 8.42 Å². The van der Waals surface area contributed by atoms with Crippen LogP contribution in [0, 0.1) is 0 Å². The molecular weight excluding hydrogens is 404 g/mol. The predicted octanol–water partition coefficient (Wildman–Crippen LogP) is 4.23. The molecule has 3 heterocycles. The predicted molar refractivity (Wildman–Crippen MR) is 113 cm³/mol. The number of hydrogen-bond acceptors (Lipinski definition) is 6.